The van der Waals surface area contributed by atoms with Gasteiger partial charge in [-0.15, -0.1) is 0 Å². The van der Waals surface area contributed by atoms with Crippen molar-refractivity contribution in [2.24, 2.45) is 0 Å². The zero-order valence-corrected chi connectivity index (χ0v) is 37.2. The lowest BCUT2D eigenvalue weighted by Gasteiger charge is -2.27. The van der Waals surface area contributed by atoms with Crippen LogP contribution in [0, 0.1) is 0 Å². The minimum atomic E-state index is -4.60. The molecule has 0 aliphatic carbocycles. The number of imide groups is 2. The number of rotatable bonds is 21. The molecule has 2 fully saturated rings. The average molecular weight is 941 g/mol. The fraction of sp³-hybridized carbons (Fsp3) is 0.388. The van der Waals surface area contributed by atoms with Crippen LogP contribution in [0.3, 0.4) is 0 Å². The van der Waals surface area contributed by atoms with Crippen LogP contribution in [0.15, 0.2) is 84.9 Å². The Labute approximate surface area is 389 Å². The minimum Gasteiger partial charge on any atom is -0.491 e. The van der Waals surface area contributed by atoms with Gasteiger partial charge >= 0.3 is 6.18 Å². The number of imidazole rings is 1. The van der Waals surface area contributed by atoms with Crippen molar-refractivity contribution in [1.82, 2.24) is 24.7 Å². The maximum absolute atomic E-state index is 13.5. The normalized spacial score (nSPS) is 16.6. The summed E-state index contributed by atoms with van der Waals surface area (Å²) in [5.41, 5.74) is 3.28. The van der Waals surface area contributed by atoms with Gasteiger partial charge in [0.2, 0.25) is 17.8 Å². The van der Waals surface area contributed by atoms with Gasteiger partial charge in [-0.2, -0.15) is 13.2 Å². The summed E-state index contributed by atoms with van der Waals surface area (Å²) in [5, 5.41) is 4.93. The summed E-state index contributed by atoms with van der Waals surface area (Å²) in [6, 6.07) is 21.3. The lowest BCUT2D eigenvalue weighted by molar-refractivity contribution is -0.138. The summed E-state index contributed by atoms with van der Waals surface area (Å²) in [6.45, 7) is 5.62. The predicted molar refractivity (Wildman–Crippen MR) is 240 cm³/mol. The first-order valence-corrected chi connectivity index (χ1v) is 22.5. The molecule has 0 saturated carbocycles. The quantitative estimate of drug-likeness (QED) is 0.0618. The Balaban J connectivity index is 0.735. The van der Waals surface area contributed by atoms with Crippen molar-refractivity contribution < 1.29 is 60.8 Å². The first-order valence-electron chi connectivity index (χ1n) is 22.5. The molecule has 0 spiro atoms. The van der Waals surface area contributed by atoms with E-state index in [0.717, 1.165) is 66.2 Å². The van der Waals surface area contributed by atoms with Crippen molar-refractivity contribution in [3.63, 3.8) is 0 Å². The monoisotopic (exact) mass is 940 g/mol. The third-order valence-corrected chi connectivity index (χ3v) is 11.7. The van der Waals surface area contributed by atoms with E-state index < -0.39 is 47.3 Å². The standard InChI is InChI=1S/C49H51F3N6O10/c50-49(51,52)35-6-4-5-34(28-35)44(60)55-48-53-40-27-33(30-56-17-2-1-3-18-56)9-14-41(40)57(48)36-10-7-32(8-11-36)31-67-24-23-65-20-19-64-21-22-66-25-26-68-37-12-13-38-39(29-37)47(63)58(46(38)62)42-15-16-43(59)54-45(42)61/h4-14,27-29,42H,1-3,15-26,30-31H2,(H,53,55,60)(H,54,59,61). The van der Waals surface area contributed by atoms with E-state index in [1.54, 1.807) is 10.6 Å². The number of hydrogen-bond donors (Lipinski definition) is 2. The Morgan fingerprint density at radius 3 is 2.12 bits per heavy atom. The highest BCUT2D eigenvalue weighted by Crippen LogP contribution is 2.32. The van der Waals surface area contributed by atoms with E-state index in [4.69, 9.17) is 28.7 Å². The maximum Gasteiger partial charge on any atom is 0.416 e. The van der Waals surface area contributed by atoms with Crippen molar-refractivity contribution in [2.75, 3.05) is 71.3 Å². The lowest BCUT2D eigenvalue weighted by Crippen LogP contribution is -2.54. The zero-order chi connectivity index (χ0) is 47.6. The van der Waals surface area contributed by atoms with E-state index in [1.165, 1.54) is 30.7 Å². The Hall–Kier alpha value is -6.51. The first-order chi connectivity index (χ1) is 32.9. The van der Waals surface area contributed by atoms with E-state index >= 15 is 0 Å². The number of benzene rings is 4. The molecule has 5 aromatic rings. The molecular formula is C49H51F3N6O10. The van der Waals surface area contributed by atoms with Gasteiger partial charge in [-0.1, -0.05) is 30.7 Å². The Kier molecular flexibility index (Phi) is 15.6. The third kappa shape index (κ3) is 11.8. The summed E-state index contributed by atoms with van der Waals surface area (Å²) in [4.78, 5) is 71.1. The summed E-state index contributed by atoms with van der Waals surface area (Å²) < 4.78 is 70.4. The van der Waals surface area contributed by atoms with Gasteiger partial charge in [0, 0.05) is 24.2 Å². The molecule has 358 valence electrons. The van der Waals surface area contributed by atoms with Crippen LogP contribution in [0.25, 0.3) is 16.7 Å². The highest BCUT2D eigenvalue weighted by Gasteiger charge is 2.44. The molecule has 2 N–H and O–H groups in total. The number of nitrogens with zero attached hydrogens (tertiary/aromatic N) is 4. The van der Waals surface area contributed by atoms with Crippen molar-refractivity contribution in [1.29, 1.82) is 0 Å². The number of anilines is 1. The number of piperidine rings is 2. The molecule has 4 heterocycles. The van der Waals surface area contributed by atoms with Crippen LogP contribution in [0.5, 0.6) is 5.75 Å². The SMILES string of the molecule is O=C1CCC(N2C(=O)c3ccc(OCCOCCOCCOCCOCc4ccc(-n5c(NC(=O)c6cccc(C(F)(F)F)c6)nc6cc(CN7CCCCC7)ccc65)cc4)cc3C2=O)C(=O)N1. The molecule has 1 aromatic heterocycles. The van der Waals surface area contributed by atoms with Crippen LogP contribution >= 0.6 is 0 Å². The van der Waals surface area contributed by atoms with E-state index in [-0.39, 0.29) is 48.7 Å². The molecule has 1 unspecified atom stereocenters. The fourth-order valence-corrected chi connectivity index (χ4v) is 8.30. The molecule has 4 aromatic carbocycles. The zero-order valence-electron chi connectivity index (χ0n) is 37.2. The molecule has 16 nitrogen and oxygen atoms in total. The van der Waals surface area contributed by atoms with E-state index in [9.17, 15) is 37.1 Å². The minimum absolute atomic E-state index is 0.0415. The van der Waals surface area contributed by atoms with Gasteiger partial charge in [-0.3, -0.25) is 49.0 Å². The summed E-state index contributed by atoms with van der Waals surface area (Å²) in [7, 11) is 0. The molecule has 68 heavy (non-hydrogen) atoms. The van der Waals surface area contributed by atoms with Crippen LogP contribution in [-0.2, 0) is 47.9 Å². The summed E-state index contributed by atoms with van der Waals surface area (Å²) in [6.07, 6.45) is -0.935. The van der Waals surface area contributed by atoms with Crippen LogP contribution in [-0.4, -0.2) is 121 Å². The number of carbonyl (C=O) groups is 5. The summed E-state index contributed by atoms with van der Waals surface area (Å²) >= 11 is 0. The molecule has 0 radical (unpaired) electrons. The topological polar surface area (TPSA) is 180 Å². The Morgan fingerprint density at radius 1 is 0.735 bits per heavy atom. The number of amides is 5. The molecule has 8 rings (SSSR count). The number of alkyl halides is 3. The second kappa shape index (κ2) is 22.1. The van der Waals surface area contributed by atoms with Gasteiger partial charge in [0.15, 0.2) is 0 Å². The Morgan fingerprint density at radius 2 is 1.41 bits per heavy atom. The van der Waals surface area contributed by atoms with Crippen LogP contribution in [0.4, 0.5) is 19.1 Å². The summed E-state index contributed by atoms with van der Waals surface area (Å²) in [5.74, 6) is -2.47. The van der Waals surface area contributed by atoms with Gasteiger partial charge in [-0.25, -0.2) is 4.98 Å². The van der Waals surface area contributed by atoms with Crippen molar-refractivity contribution in [2.45, 2.75) is 57.5 Å². The number of aromatic nitrogens is 2. The lowest BCUT2D eigenvalue weighted by atomic mass is 10.0. The van der Waals surface area contributed by atoms with E-state index in [1.807, 2.05) is 42.5 Å². The first kappa shape index (κ1) is 48.0. The second-order valence-corrected chi connectivity index (χ2v) is 16.5. The number of nitrogens with one attached hydrogen (secondary N) is 2. The molecule has 3 aliphatic heterocycles. The smallest absolute Gasteiger partial charge is 0.416 e. The number of ether oxygens (including phenoxy) is 5. The van der Waals surface area contributed by atoms with Crippen molar-refractivity contribution in [3.8, 4) is 11.4 Å². The van der Waals surface area contributed by atoms with Crippen LogP contribution < -0.4 is 15.4 Å². The highest BCUT2D eigenvalue weighted by molar-refractivity contribution is 6.23. The number of fused-ring (bicyclic) bond motifs is 2. The molecule has 0 bridgehead atoms. The van der Waals surface area contributed by atoms with Crippen LogP contribution in [0.1, 0.15) is 79.9 Å². The average Bonchev–Trinajstić information content (AvgIpc) is 3.80. The van der Waals surface area contributed by atoms with Gasteiger partial charge in [0.25, 0.3) is 17.7 Å². The predicted octanol–water partition coefficient (Wildman–Crippen LogP) is 6.33. The second-order valence-electron chi connectivity index (χ2n) is 16.5. The number of carbonyl (C=O) groups excluding carboxylic acids is 5. The largest absolute Gasteiger partial charge is 0.491 e. The molecule has 19 heteroatoms. The molecule has 1 atom stereocenters. The number of halogens is 3. The Bertz CT molecular complexity index is 2630. The molecule has 2 saturated heterocycles. The molecule has 5 amide bonds. The van der Waals surface area contributed by atoms with E-state index in [0.29, 0.717) is 63.2 Å². The third-order valence-electron chi connectivity index (χ3n) is 11.7. The van der Waals surface area contributed by atoms with Gasteiger partial charge in [0.05, 0.1) is 80.6 Å². The van der Waals surface area contributed by atoms with Crippen molar-refractivity contribution >= 4 is 46.5 Å². The van der Waals surface area contributed by atoms with Crippen LogP contribution in [0.2, 0.25) is 0 Å². The fourth-order valence-electron chi connectivity index (χ4n) is 8.30. The van der Waals surface area contributed by atoms with E-state index in [2.05, 4.69) is 15.5 Å². The molecule has 3 aliphatic rings. The number of likely N-dealkylation sites (tertiary alicyclic amines) is 1. The van der Waals surface area contributed by atoms with Crippen molar-refractivity contribution in [3.05, 3.63) is 118 Å². The maximum atomic E-state index is 13.5. The molecular weight excluding hydrogens is 890 g/mol. The number of hydrogen-bond acceptors (Lipinski definition) is 12. The van der Waals surface area contributed by atoms with Gasteiger partial charge in [0.1, 0.15) is 18.4 Å². The highest BCUT2D eigenvalue weighted by atomic mass is 19.4. The van der Waals surface area contributed by atoms with Gasteiger partial charge in [-0.05, 0) is 104 Å². The van der Waals surface area contributed by atoms with Gasteiger partial charge < -0.3 is 23.7 Å².